The number of rotatable bonds is 8. The third-order valence-electron chi connectivity index (χ3n) is 3.79. The summed E-state index contributed by atoms with van der Waals surface area (Å²) < 4.78 is 10.5. The minimum Gasteiger partial charge on any atom is -0.497 e. The fraction of sp³-hybridized carbons (Fsp3) is 0.200. The van der Waals surface area contributed by atoms with Gasteiger partial charge in [0.15, 0.2) is 6.04 Å². The maximum Gasteiger partial charge on any atom is 0.333 e. The molecule has 6 nitrogen and oxygen atoms in total. The van der Waals surface area contributed by atoms with Crippen molar-refractivity contribution in [2.24, 2.45) is 5.73 Å². The van der Waals surface area contributed by atoms with Crippen LogP contribution in [-0.4, -0.2) is 25.5 Å². The number of ether oxygens (including phenoxy) is 2. The largest absolute Gasteiger partial charge is 0.497 e. The molecule has 2 aromatic carbocycles. The van der Waals surface area contributed by atoms with E-state index >= 15 is 0 Å². The quantitative estimate of drug-likeness (QED) is 0.384. The van der Waals surface area contributed by atoms with Gasteiger partial charge in [0.05, 0.1) is 13.7 Å². The third kappa shape index (κ3) is 4.63. The van der Waals surface area contributed by atoms with E-state index in [0.29, 0.717) is 22.6 Å². The van der Waals surface area contributed by atoms with E-state index in [1.807, 2.05) is 12.1 Å². The molecule has 136 valence electrons. The second-order valence-electron chi connectivity index (χ2n) is 5.56. The number of esters is 1. The molecule has 1 atom stereocenters. The topological polar surface area (TPSA) is 97.4 Å². The number of anilines is 1. The van der Waals surface area contributed by atoms with Crippen molar-refractivity contribution in [3.8, 4) is 5.75 Å². The number of nitrogens with one attached hydrogen (secondary N) is 2. The normalized spacial score (nSPS) is 11.3. The van der Waals surface area contributed by atoms with E-state index in [9.17, 15) is 4.79 Å². The fourth-order valence-electron chi connectivity index (χ4n) is 2.46. The molecule has 0 bridgehead atoms. The number of nitrogens with two attached hydrogens (primary N) is 1. The van der Waals surface area contributed by atoms with Crippen molar-refractivity contribution in [3.05, 3.63) is 65.7 Å². The zero-order valence-corrected chi connectivity index (χ0v) is 14.9. The van der Waals surface area contributed by atoms with Crippen LogP contribution in [0.1, 0.15) is 29.7 Å². The van der Waals surface area contributed by atoms with Gasteiger partial charge in [0, 0.05) is 11.3 Å². The van der Waals surface area contributed by atoms with Gasteiger partial charge in [0.2, 0.25) is 0 Å². The predicted octanol–water partition coefficient (Wildman–Crippen LogP) is 3.34. The van der Waals surface area contributed by atoms with Gasteiger partial charge < -0.3 is 20.5 Å². The van der Waals surface area contributed by atoms with Gasteiger partial charge in [-0.05, 0) is 60.5 Å². The molecule has 0 amide bonds. The first kappa shape index (κ1) is 19.1. The third-order valence-corrected chi connectivity index (χ3v) is 3.79. The Kier molecular flexibility index (Phi) is 6.38. The lowest BCUT2D eigenvalue weighted by molar-refractivity contribution is -0.144. The van der Waals surface area contributed by atoms with Crippen molar-refractivity contribution in [1.29, 1.82) is 5.41 Å². The van der Waals surface area contributed by atoms with Crippen molar-refractivity contribution in [2.75, 3.05) is 19.0 Å². The van der Waals surface area contributed by atoms with Gasteiger partial charge in [0.25, 0.3) is 0 Å². The Morgan fingerprint density at radius 3 is 2.54 bits per heavy atom. The summed E-state index contributed by atoms with van der Waals surface area (Å²) in [5.41, 5.74) is 8.33. The Morgan fingerprint density at radius 2 is 2.00 bits per heavy atom. The molecule has 0 spiro atoms. The first-order chi connectivity index (χ1) is 12.5. The van der Waals surface area contributed by atoms with E-state index in [1.165, 1.54) is 0 Å². The molecule has 2 rings (SSSR count). The Hall–Kier alpha value is -3.28. The number of methoxy groups -OCH3 is 1. The van der Waals surface area contributed by atoms with Crippen LogP contribution >= 0.6 is 0 Å². The number of benzene rings is 2. The van der Waals surface area contributed by atoms with Gasteiger partial charge in [-0.15, -0.1) is 0 Å². The summed E-state index contributed by atoms with van der Waals surface area (Å²) in [4.78, 5) is 12.5. The zero-order chi connectivity index (χ0) is 19.1. The van der Waals surface area contributed by atoms with Crippen LogP contribution in [0.15, 0.2) is 49.0 Å². The van der Waals surface area contributed by atoms with Gasteiger partial charge >= 0.3 is 5.97 Å². The Bertz CT molecular complexity index is 800. The summed E-state index contributed by atoms with van der Waals surface area (Å²) in [6, 6.07) is 11.7. The first-order valence-corrected chi connectivity index (χ1v) is 8.17. The highest BCUT2D eigenvalue weighted by Gasteiger charge is 2.23. The maximum atomic E-state index is 12.5. The average Bonchev–Trinajstić information content (AvgIpc) is 2.66. The molecule has 0 radical (unpaired) electrons. The van der Waals surface area contributed by atoms with Crippen molar-refractivity contribution in [2.45, 2.75) is 13.0 Å². The minimum absolute atomic E-state index is 0.0121. The van der Waals surface area contributed by atoms with Crippen molar-refractivity contribution < 1.29 is 14.3 Å². The van der Waals surface area contributed by atoms with Crippen LogP contribution in [0.5, 0.6) is 5.75 Å². The second kappa shape index (κ2) is 8.71. The summed E-state index contributed by atoms with van der Waals surface area (Å²) >= 11 is 0. The monoisotopic (exact) mass is 353 g/mol. The molecule has 0 heterocycles. The fourth-order valence-corrected chi connectivity index (χ4v) is 2.46. The van der Waals surface area contributed by atoms with Crippen molar-refractivity contribution in [1.82, 2.24) is 0 Å². The summed E-state index contributed by atoms with van der Waals surface area (Å²) in [5, 5.41) is 10.6. The number of hydrogen-bond donors (Lipinski definition) is 3. The highest BCUT2D eigenvalue weighted by molar-refractivity contribution is 5.95. The highest BCUT2D eigenvalue weighted by Crippen LogP contribution is 2.27. The van der Waals surface area contributed by atoms with Gasteiger partial charge in [0.1, 0.15) is 11.6 Å². The summed E-state index contributed by atoms with van der Waals surface area (Å²) in [7, 11) is 1.57. The van der Waals surface area contributed by atoms with Gasteiger partial charge in [-0.1, -0.05) is 12.7 Å². The molecule has 2 aromatic rings. The lowest BCUT2D eigenvalue weighted by atomic mass is 10.0. The first-order valence-electron chi connectivity index (χ1n) is 8.17. The van der Waals surface area contributed by atoms with Crippen LogP contribution in [-0.2, 0) is 9.53 Å². The van der Waals surface area contributed by atoms with Crippen LogP contribution in [0, 0.1) is 5.41 Å². The zero-order valence-electron chi connectivity index (χ0n) is 14.9. The van der Waals surface area contributed by atoms with E-state index in [2.05, 4.69) is 11.9 Å². The standard InChI is InChI=1S/C20H23N3O3/c1-4-13-10-15(12-17(11-13)25-3)18(20(24)26-5-2)23-16-8-6-14(7-9-16)19(21)22/h4,6-12,18,23H,1,5H2,2-3H3,(H3,21,22). The van der Waals surface area contributed by atoms with Gasteiger partial charge in [-0.25, -0.2) is 4.79 Å². The Balaban J connectivity index is 2.39. The SMILES string of the molecule is C=Cc1cc(OC)cc(C(Nc2ccc(C(=N)N)cc2)C(=O)OCC)c1. The van der Waals surface area contributed by atoms with E-state index in [4.69, 9.17) is 20.6 Å². The molecule has 0 aromatic heterocycles. The molecule has 6 heteroatoms. The van der Waals surface area contributed by atoms with Crippen molar-refractivity contribution >= 4 is 23.6 Å². The lowest BCUT2D eigenvalue weighted by Gasteiger charge is -2.20. The molecule has 26 heavy (non-hydrogen) atoms. The molecule has 4 N–H and O–H groups in total. The number of hydrogen-bond acceptors (Lipinski definition) is 5. The summed E-state index contributed by atoms with van der Waals surface area (Å²) in [6.45, 7) is 5.81. The minimum atomic E-state index is -0.716. The Morgan fingerprint density at radius 1 is 1.31 bits per heavy atom. The van der Waals surface area contributed by atoms with Crippen LogP contribution in [0.3, 0.4) is 0 Å². The molecule has 0 saturated heterocycles. The molecule has 1 unspecified atom stereocenters. The molecular weight excluding hydrogens is 330 g/mol. The lowest BCUT2D eigenvalue weighted by Crippen LogP contribution is -2.23. The smallest absolute Gasteiger partial charge is 0.333 e. The summed E-state index contributed by atoms with van der Waals surface area (Å²) in [6.07, 6.45) is 1.69. The molecule has 0 aliphatic rings. The van der Waals surface area contributed by atoms with E-state index in [1.54, 1.807) is 50.4 Å². The molecule has 0 aliphatic carbocycles. The van der Waals surface area contributed by atoms with E-state index in [-0.39, 0.29) is 12.4 Å². The summed E-state index contributed by atoms with van der Waals surface area (Å²) in [5.74, 6) is 0.216. The molecule has 0 fully saturated rings. The van der Waals surface area contributed by atoms with Gasteiger partial charge in [-0.2, -0.15) is 0 Å². The molecule has 0 saturated carbocycles. The molecule has 0 aliphatic heterocycles. The van der Waals surface area contributed by atoms with Crippen LogP contribution < -0.4 is 15.8 Å². The molecular formula is C20H23N3O3. The van der Waals surface area contributed by atoms with Crippen molar-refractivity contribution in [3.63, 3.8) is 0 Å². The van der Waals surface area contributed by atoms with Crippen LogP contribution in [0.4, 0.5) is 5.69 Å². The van der Waals surface area contributed by atoms with Crippen LogP contribution in [0.2, 0.25) is 0 Å². The highest BCUT2D eigenvalue weighted by atomic mass is 16.5. The van der Waals surface area contributed by atoms with E-state index < -0.39 is 12.0 Å². The number of nitrogen functional groups attached to an aromatic ring is 1. The number of carbonyl (C=O) groups is 1. The number of carbonyl (C=O) groups excluding carboxylic acids is 1. The Labute approximate surface area is 153 Å². The van der Waals surface area contributed by atoms with Crippen LogP contribution in [0.25, 0.3) is 6.08 Å². The predicted molar refractivity (Wildman–Crippen MR) is 104 cm³/mol. The van der Waals surface area contributed by atoms with Gasteiger partial charge in [-0.3, -0.25) is 5.41 Å². The average molecular weight is 353 g/mol. The number of amidine groups is 1. The van der Waals surface area contributed by atoms with E-state index in [0.717, 1.165) is 5.56 Å². The maximum absolute atomic E-state index is 12.5. The second-order valence-corrected chi connectivity index (χ2v) is 5.56.